The van der Waals surface area contributed by atoms with E-state index in [2.05, 4.69) is 0 Å². The van der Waals surface area contributed by atoms with Gasteiger partial charge in [0.05, 0.1) is 6.26 Å². The van der Waals surface area contributed by atoms with Gasteiger partial charge >= 0.3 is 6.09 Å². The topological polar surface area (TPSA) is 59.1 Å². The van der Waals surface area contributed by atoms with Gasteiger partial charge in [-0.3, -0.25) is 0 Å². The van der Waals surface area contributed by atoms with E-state index in [-0.39, 0.29) is 24.6 Å². The maximum atomic E-state index is 12.3. The largest absolute Gasteiger partial charge is 0.445 e. The second kappa shape index (κ2) is 8.92. The summed E-state index contributed by atoms with van der Waals surface area (Å²) >= 11 is 0. The van der Waals surface area contributed by atoms with Gasteiger partial charge in [-0.25, -0.2) is 9.59 Å². The van der Waals surface area contributed by atoms with Crippen LogP contribution in [0, 0.1) is 0 Å². The fourth-order valence-corrected chi connectivity index (χ4v) is 3.12. The van der Waals surface area contributed by atoms with E-state index in [1.165, 1.54) is 6.26 Å². The maximum absolute atomic E-state index is 12.3. The quantitative estimate of drug-likeness (QED) is 0.781. The summed E-state index contributed by atoms with van der Waals surface area (Å²) in [4.78, 5) is 27.1. The molecule has 2 aliphatic rings. The number of carbonyl (C=O) groups excluding carboxylic acids is 2. The van der Waals surface area contributed by atoms with Gasteiger partial charge in [-0.15, -0.1) is 0 Å². The Balaban J connectivity index is 1.51. The first-order valence-electron chi connectivity index (χ1n) is 8.73. The first kappa shape index (κ1) is 17.8. The molecule has 0 radical (unpaired) electrons. The predicted octanol–water partition coefficient (Wildman–Crippen LogP) is 2.86. The van der Waals surface area contributed by atoms with Crippen molar-refractivity contribution in [1.29, 1.82) is 0 Å². The number of piperidine rings is 1. The van der Waals surface area contributed by atoms with E-state index >= 15 is 0 Å². The lowest BCUT2D eigenvalue weighted by Gasteiger charge is -2.38. The normalized spacial score (nSPS) is 17.9. The first-order chi connectivity index (χ1) is 12.8. The molecule has 1 aromatic rings. The number of carbonyl (C=O) groups is 1. The third-order valence-electron chi connectivity index (χ3n) is 4.52. The van der Waals surface area contributed by atoms with Crippen LogP contribution in [0.3, 0.4) is 0 Å². The van der Waals surface area contributed by atoms with Crippen LogP contribution >= 0.6 is 0 Å². The smallest absolute Gasteiger partial charge is 0.410 e. The van der Waals surface area contributed by atoms with Gasteiger partial charge in [0.1, 0.15) is 6.61 Å². The molecule has 6 nitrogen and oxygen atoms in total. The molecular weight excluding hydrogens is 332 g/mol. The summed E-state index contributed by atoms with van der Waals surface area (Å²) in [5.74, 6) is 2.06. The Morgan fingerprint density at radius 2 is 1.96 bits per heavy atom. The molecular formula is C20H22N2O4. The molecule has 2 heterocycles. The lowest BCUT2D eigenvalue weighted by Crippen LogP contribution is -2.47. The molecule has 136 valence electrons. The molecule has 0 spiro atoms. The summed E-state index contributed by atoms with van der Waals surface area (Å²) in [5, 5.41) is 0. The minimum Gasteiger partial charge on any atom is -0.445 e. The molecule has 6 heteroatoms. The number of ether oxygens (including phenoxy) is 2. The Morgan fingerprint density at radius 3 is 2.69 bits per heavy atom. The molecule has 1 saturated heterocycles. The summed E-state index contributed by atoms with van der Waals surface area (Å²) in [7, 11) is 0. The van der Waals surface area contributed by atoms with Crippen molar-refractivity contribution in [2.45, 2.75) is 25.5 Å². The number of allylic oxidation sites excluding steroid dienone is 2. The molecule has 0 aromatic heterocycles. The molecule has 0 N–H and O–H groups in total. The standard InChI is InChI=1S/C20H22N2O4/c23-15-19-22(11-5-2-6-14-25-19)18-9-12-21(13-10-18)20(24)26-16-17-7-3-1-4-8-17/h1-8,14,18H,9-13,16H2. The predicted molar refractivity (Wildman–Crippen MR) is 96.5 cm³/mol. The summed E-state index contributed by atoms with van der Waals surface area (Å²) in [6, 6.07) is 9.75. The second-order valence-corrected chi connectivity index (χ2v) is 6.19. The van der Waals surface area contributed by atoms with Gasteiger partial charge in [0.15, 0.2) is 5.94 Å². The highest BCUT2D eigenvalue weighted by molar-refractivity contribution is 5.67. The van der Waals surface area contributed by atoms with Gasteiger partial charge in [0.25, 0.3) is 5.88 Å². The van der Waals surface area contributed by atoms with E-state index in [1.54, 1.807) is 11.0 Å². The fourth-order valence-electron chi connectivity index (χ4n) is 3.12. The van der Waals surface area contributed by atoms with Crippen molar-refractivity contribution in [3.63, 3.8) is 0 Å². The van der Waals surface area contributed by atoms with Gasteiger partial charge in [-0.2, -0.15) is 0 Å². The maximum Gasteiger partial charge on any atom is 0.410 e. The van der Waals surface area contributed by atoms with Crippen LogP contribution < -0.4 is 0 Å². The van der Waals surface area contributed by atoms with Crippen molar-refractivity contribution in [3.05, 3.63) is 66.3 Å². The lowest BCUT2D eigenvalue weighted by molar-refractivity contribution is 0.0654. The Morgan fingerprint density at radius 1 is 1.19 bits per heavy atom. The monoisotopic (exact) mass is 354 g/mol. The number of hydrogen-bond acceptors (Lipinski definition) is 5. The SMILES string of the molecule is O=C=C1OC=CC=CCN1C1CCN(C(=O)OCc2ccccc2)CC1. The Kier molecular flexibility index (Phi) is 6.12. The van der Waals surface area contributed by atoms with Gasteiger partial charge in [0.2, 0.25) is 0 Å². The van der Waals surface area contributed by atoms with Crippen molar-refractivity contribution in [3.8, 4) is 0 Å². The van der Waals surface area contributed by atoms with Crippen molar-refractivity contribution in [2.75, 3.05) is 19.6 Å². The number of benzene rings is 1. The van der Waals surface area contributed by atoms with Crippen LogP contribution in [0.15, 0.2) is 60.7 Å². The van der Waals surface area contributed by atoms with Crippen LogP contribution in [0.25, 0.3) is 0 Å². The van der Waals surface area contributed by atoms with E-state index in [0.29, 0.717) is 19.6 Å². The van der Waals surface area contributed by atoms with Crippen LogP contribution in [-0.2, 0) is 20.9 Å². The van der Waals surface area contributed by atoms with Crippen LogP contribution in [0.4, 0.5) is 4.79 Å². The van der Waals surface area contributed by atoms with Gasteiger partial charge < -0.3 is 19.3 Å². The van der Waals surface area contributed by atoms with E-state index < -0.39 is 0 Å². The number of likely N-dealkylation sites (tertiary alicyclic amines) is 1. The highest BCUT2D eigenvalue weighted by Crippen LogP contribution is 2.22. The second-order valence-electron chi connectivity index (χ2n) is 6.19. The van der Waals surface area contributed by atoms with Gasteiger partial charge in [0, 0.05) is 25.7 Å². The average molecular weight is 354 g/mol. The summed E-state index contributed by atoms with van der Waals surface area (Å²) < 4.78 is 10.7. The zero-order valence-electron chi connectivity index (χ0n) is 14.5. The Bertz CT molecular complexity index is 715. The Labute approximate surface area is 153 Å². The van der Waals surface area contributed by atoms with E-state index in [9.17, 15) is 9.59 Å². The molecule has 3 rings (SSSR count). The lowest BCUT2D eigenvalue weighted by atomic mass is 10.0. The highest BCUT2D eigenvalue weighted by atomic mass is 16.6. The van der Waals surface area contributed by atoms with Gasteiger partial charge in [-0.05, 0) is 24.5 Å². The van der Waals surface area contributed by atoms with Crippen LogP contribution in [0.1, 0.15) is 18.4 Å². The molecule has 1 amide bonds. The van der Waals surface area contributed by atoms with Crippen LogP contribution in [0.2, 0.25) is 0 Å². The van der Waals surface area contributed by atoms with E-state index in [4.69, 9.17) is 9.47 Å². The third-order valence-corrected chi connectivity index (χ3v) is 4.52. The van der Waals surface area contributed by atoms with Crippen molar-refractivity contribution < 1.29 is 19.1 Å². The summed E-state index contributed by atoms with van der Waals surface area (Å²) in [6.45, 7) is 2.02. The number of amides is 1. The fraction of sp³-hybridized carbons (Fsp3) is 0.350. The molecule has 0 bridgehead atoms. The molecule has 0 atom stereocenters. The van der Waals surface area contributed by atoms with Crippen molar-refractivity contribution >= 4 is 12.0 Å². The van der Waals surface area contributed by atoms with Crippen LogP contribution in [-0.4, -0.2) is 47.5 Å². The third kappa shape index (κ3) is 4.55. The Hall–Kier alpha value is -2.98. The minimum atomic E-state index is -0.301. The first-order valence-corrected chi connectivity index (χ1v) is 8.73. The molecule has 26 heavy (non-hydrogen) atoms. The highest BCUT2D eigenvalue weighted by Gasteiger charge is 2.29. The van der Waals surface area contributed by atoms with Crippen molar-refractivity contribution in [2.24, 2.45) is 0 Å². The van der Waals surface area contributed by atoms with Crippen molar-refractivity contribution in [1.82, 2.24) is 9.80 Å². The zero-order chi connectivity index (χ0) is 18.2. The van der Waals surface area contributed by atoms with Gasteiger partial charge in [-0.1, -0.05) is 42.5 Å². The molecule has 0 aliphatic carbocycles. The zero-order valence-corrected chi connectivity index (χ0v) is 14.5. The summed E-state index contributed by atoms with van der Waals surface area (Å²) in [5.41, 5.74) is 0.967. The number of rotatable bonds is 3. The molecule has 0 unspecified atom stereocenters. The molecule has 2 aliphatic heterocycles. The number of nitrogens with zero attached hydrogens (tertiary/aromatic N) is 2. The minimum absolute atomic E-state index is 0.126. The molecule has 1 fully saturated rings. The van der Waals surface area contributed by atoms with E-state index in [1.807, 2.05) is 53.3 Å². The summed E-state index contributed by atoms with van der Waals surface area (Å²) in [6.07, 6.45) is 8.24. The molecule has 1 aromatic carbocycles. The van der Waals surface area contributed by atoms with Crippen LogP contribution in [0.5, 0.6) is 0 Å². The average Bonchev–Trinajstić information content (AvgIpc) is 2.67. The number of hydrogen-bond donors (Lipinski definition) is 0. The van der Waals surface area contributed by atoms with E-state index in [0.717, 1.165) is 18.4 Å². The molecule has 0 saturated carbocycles.